The molecule has 3 rings (SSSR count). The Morgan fingerprint density at radius 2 is 1.63 bits per heavy atom. The molecule has 27 heavy (non-hydrogen) atoms. The summed E-state index contributed by atoms with van der Waals surface area (Å²) in [5.41, 5.74) is 0.930. The molecule has 1 fully saturated rings. The molecular weight excluding hydrogens is 373 g/mol. The van der Waals surface area contributed by atoms with Gasteiger partial charge in [0.1, 0.15) is 5.82 Å². The van der Waals surface area contributed by atoms with Crippen molar-refractivity contribution in [3.63, 3.8) is 0 Å². The molecule has 0 saturated carbocycles. The number of Topliss-reactive ketones (excluding diaryl/α,β-unsaturated/α-hetero) is 1. The van der Waals surface area contributed by atoms with Gasteiger partial charge in [0.15, 0.2) is 6.10 Å². The first-order chi connectivity index (χ1) is 12.8. The number of carbonyl (C=O) groups excluding carboxylic acids is 2. The van der Waals surface area contributed by atoms with Crippen molar-refractivity contribution in [3.8, 4) is 0 Å². The Hall–Kier alpha value is -2.74. The van der Waals surface area contributed by atoms with E-state index in [1.54, 1.807) is 0 Å². The van der Waals surface area contributed by atoms with Gasteiger partial charge in [0, 0.05) is 12.1 Å². The monoisotopic (exact) mass is 391 g/mol. The molecule has 1 atom stereocenters. The van der Waals surface area contributed by atoms with Crippen molar-refractivity contribution in [2.75, 3.05) is 16.6 Å². The SMILES string of the molecule is C[C@@H](OC(=O)c1ccc(N2CCCS2(=O)=O)cc1)C(=O)c1ccc(F)cc1. The van der Waals surface area contributed by atoms with Gasteiger partial charge in [-0.15, -0.1) is 0 Å². The fourth-order valence-electron chi connectivity index (χ4n) is 2.82. The fourth-order valence-corrected chi connectivity index (χ4v) is 4.39. The Balaban J connectivity index is 1.67. The highest BCUT2D eigenvalue weighted by Gasteiger charge is 2.28. The molecule has 1 saturated heterocycles. The van der Waals surface area contributed by atoms with Crippen molar-refractivity contribution in [1.82, 2.24) is 0 Å². The minimum atomic E-state index is -3.29. The van der Waals surface area contributed by atoms with Crippen LogP contribution in [-0.2, 0) is 14.8 Å². The summed E-state index contributed by atoms with van der Waals surface area (Å²) in [5, 5.41) is 0. The first-order valence-electron chi connectivity index (χ1n) is 8.39. The number of esters is 1. The molecule has 6 nitrogen and oxygen atoms in total. The van der Waals surface area contributed by atoms with Crippen LogP contribution in [0.1, 0.15) is 34.1 Å². The molecule has 0 aliphatic carbocycles. The molecule has 8 heteroatoms. The normalized spacial score (nSPS) is 16.7. The van der Waals surface area contributed by atoms with E-state index in [0.717, 1.165) is 12.1 Å². The Labute approximate surface area is 156 Å². The van der Waals surface area contributed by atoms with Gasteiger partial charge in [-0.1, -0.05) is 0 Å². The van der Waals surface area contributed by atoms with E-state index >= 15 is 0 Å². The third-order valence-electron chi connectivity index (χ3n) is 4.27. The summed E-state index contributed by atoms with van der Waals surface area (Å²) in [6.07, 6.45) is -0.476. The predicted octanol–water partition coefficient (Wildman–Crippen LogP) is 2.79. The number of ether oxygens (including phenoxy) is 1. The van der Waals surface area contributed by atoms with Gasteiger partial charge in [0.05, 0.1) is 17.0 Å². The average Bonchev–Trinajstić information content (AvgIpc) is 3.01. The van der Waals surface area contributed by atoms with Crippen molar-refractivity contribution in [1.29, 1.82) is 0 Å². The second-order valence-corrected chi connectivity index (χ2v) is 8.22. The van der Waals surface area contributed by atoms with Crippen LogP contribution in [0.2, 0.25) is 0 Å². The number of sulfonamides is 1. The second-order valence-electron chi connectivity index (χ2n) is 6.21. The minimum Gasteiger partial charge on any atom is -0.451 e. The molecule has 0 aromatic heterocycles. The maximum absolute atomic E-state index is 12.9. The summed E-state index contributed by atoms with van der Waals surface area (Å²) in [7, 11) is -3.29. The Kier molecular flexibility index (Phi) is 5.27. The maximum Gasteiger partial charge on any atom is 0.338 e. The summed E-state index contributed by atoms with van der Waals surface area (Å²) < 4.78 is 43.3. The largest absolute Gasteiger partial charge is 0.451 e. The molecule has 0 bridgehead atoms. The lowest BCUT2D eigenvalue weighted by Gasteiger charge is -2.17. The Bertz CT molecular complexity index is 955. The van der Waals surface area contributed by atoms with Crippen LogP contribution in [0.15, 0.2) is 48.5 Å². The fraction of sp³-hybridized carbons (Fsp3) is 0.263. The molecule has 1 aliphatic heterocycles. The predicted molar refractivity (Wildman–Crippen MR) is 97.8 cm³/mol. The van der Waals surface area contributed by atoms with Crippen molar-refractivity contribution in [2.45, 2.75) is 19.4 Å². The van der Waals surface area contributed by atoms with E-state index in [0.29, 0.717) is 18.7 Å². The first kappa shape index (κ1) is 19.0. The zero-order valence-electron chi connectivity index (χ0n) is 14.6. The lowest BCUT2D eigenvalue weighted by atomic mass is 10.1. The summed E-state index contributed by atoms with van der Waals surface area (Å²) in [6, 6.07) is 11.0. The molecule has 1 heterocycles. The number of hydrogen-bond donors (Lipinski definition) is 0. The zero-order valence-corrected chi connectivity index (χ0v) is 15.4. The van der Waals surface area contributed by atoms with Crippen LogP contribution >= 0.6 is 0 Å². The van der Waals surface area contributed by atoms with E-state index in [1.165, 1.54) is 47.6 Å². The van der Waals surface area contributed by atoms with E-state index in [4.69, 9.17) is 4.74 Å². The molecule has 142 valence electrons. The van der Waals surface area contributed by atoms with E-state index in [2.05, 4.69) is 0 Å². The van der Waals surface area contributed by atoms with E-state index in [1.807, 2.05) is 0 Å². The van der Waals surface area contributed by atoms with Gasteiger partial charge >= 0.3 is 5.97 Å². The van der Waals surface area contributed by atoms with E-state index in [9.17, 15) is 22.4 Å². The quantitative estimate of drug-likeness (QED) is 0.578. The van der Waals surface area contributed by atoms with Crippen molar-refractivity contribution in [3.05, 3.63) is 65.5 Å². The number of rotatable bonds is 5. The summed E-state index contributed by atoms with van der Waals surface area (Å²) in [4.78, 5) is 24.5. The van der Waals surface area contributed by atoms with Gasteiger partial charge in [-0.25, -0.2) is 17.6 Å². The number of benzene rings is 2. The van der Waals surface area contributed by atoms with Gasteiger partial charge in [0.2, 0.25) is 15.8 Å². The summed E-state index contributed by atoms with van der Waals surface area (Å²) in [5.74, 6) is -1.49. The highest BCUT2D eigenvalue weighted by atomic mass is 32.2. The van der Waals surface area contributed by atoms with E-state index < -0.39 is 33.7 Å². The zero-order chi connectivity index (χ0) is 19.6. The summed E-state index contributed by atoms with van der Waals surface area (Å²) in [6.45, 7) is 1.85. The van der Waals surface area contributed by atoms with Crippen molar-refractivity contribution in [2.24, 2.45) is 0 Å². The average molecular weight is 391 g/mol. The second kappa shape index (κ2) is 7.48. The first-order valence-corrected chi connectivity index (χ1v) is 10.00. The van der Waals surface area contributed by atoms with Crippen LogP contribution in [0, 0.1) is 5.82 Å². The Morgan fingerprint density at radius 3 is 2.19 bits per heavy atom. The standard InChI is InChI=1S/C19H18FNO5S/c1-13(18(22)14-3-7-16(20)8-4-14)26-19(23)15-5-9-17(10-6-15)21-11-2-12-27(21,24)25/h3-10,13H,2,11-12H2,1H3/t13-/m1/s1. The molecule has 0 N–H and O–H groups in total. The van der Waals surface area contributed by atoms with Gasteiger partial charge in [-0.2, -0.15) is 0 Å². The lowest BCUT2D eigenvalue weighted by Crippen LogP contribution is -2.25. The topological polar surface area (TPSA) is 80.8 Å². The van der Waals surface area contributed by atoms with Gasteiger partial charge in [-0.05, 0) is 61.9 Å². The van der Waals surface area contributed by atoms with Gasteiger partial charge < -0.3 is 4.74 Å². The van der Waals surface area contributed by atoms with Crippen LogP contribution in [0.5, 0.6) is 0 Å². The molecular formula is C19H18FNO5S. The van der Waals surface area contributed by atoms with E-state index in [-0.39, 0.29) is 16.9 Å². The number of anilines is 1. The number of halogens is 1. The minimum absolute atomic E-state index is 0.111. The Morgan fingerprint density at radius 1 is 1.04 bits per heavy atom. The highest BCUT2D eigenvalue weighted by Crippen LogP contribution is 2.24. The van der Waals surface area contributed by atoms with Crippen molar-refractivity contribution >= 4 is 27.5 Å². The molecule has 0 unspecified atom stereocenters. The molecule has 0 spiro atoms. The molecule has 2 aromatic rings. The highest BCUT2D eigenvalue weighted by molar-refractivity contribution is 7.93. The van der Waals surface area contributed by atoms with Crippen LogP contribution < -0.4 is 4.31 Å². The molecule has 0 amide bonds. The molecule has 1 aliphatic rings. The van der Waals surface area contributed by atoms with Crippen LogP contribution in [0.25, 0.3) is 0 Å². The number of nitrogens with zero attached hydrogens (tertiary/aromatic N) is 1. The maximum atomic E-state index is 12.9. The number of ketones is 1. The molecule has 0 radical (unpaired) electrons. The van der Waals surface area contributed by atoms with Crippen LogP contribution in [0.4, 0.5) is 10.1 Å². The number of carbonyl (C=O) groups is 2. The molecule has 2 aromatic carbocycles. The third kappa shape index (κ3) is 4.16. The van der Waals surface area contributed by atoms with Crippen molar-refractivity contribution < 1.29 is 27.1 Å². The summed E-state index contributed by atoms with van der Waals surface area (Å²) >= 11 is 0. The van der Waals surface area contributed by atoms with Crippen LogP contribution in [0.3, 0.4) is 0 Å². The van der Waals surface area contributed by atoms with Gasteiger partial charge in [0.25, 0.3) is 0 Å². The smallest absolute Gasteiger partial charge is 0.338 e. The lowest BCUT2D eigenvalue weighted by molar-refractivity contribution is 0.0319. The van der Waals surface area contributed by atoms with Gasteiger partial charge in [-0.3, -0.25) is 9.10 Å². The number of hydrogen-bond acceptors (Lipinski definition) is 5. The van der Waals surface area contributed by atoms with Crippen LogP contribution in [-0.4, -0.2) is 38.6 Å². The third-order valence-corrected chi connectivity index (χ3v) is 6.14.